The molecule has 1 aliphatic carbocycles. The van der Waals surface area contributed by atoms with Crippen molar-refractivity contribution in [1.82, 2.24) is 0 Å². The largest absolute Gasteiger partial charge is 0.456 e. The Morgan fingerprint density at radius 3 is 1.55 bits per heavy atom. The lowest BCUT2D eigenvalue weighted by Crippen LogP contribution is -2.16. The summed E-state index contributed by atoms with van der Waals surface area (Å²) in [7, 11) is -15.2. The molecule has 0 unspecified atom stereocenters. The van der Waals surface area contributed by atoms with Crippen LogP contribution >= 0.6 is 0 Å². The van der Waals surface area contributed by atoms with Crippen molar-refractivity contribution < 1.29 is 43.3 Å². The molecule has 338 valence electrons. The van der Waals surface area contributed by atoms with Crippen LogP contribution in [0.2, 0.25) is 0 Å². The zero-order valence-electron chi connectivity index (χ0n) is 36.4. The van der Waals surface area contributed by atoms with Crippen LogP contribution in [0.3, 0.4) is 0 Å². The van der Waals surface area contributed by atoms with Crippen LogP contribution in [0.4, 0.5) is 39.8 Å². The number of nitrogens with zero attached hydrogens (tertiary/aromatic N) is 1. The first-order chi connectivity index (χ1) is 31.1. The zero-order chi connectivity index (χ0) is 47.5. The summed E-state index contributed by atoms with van der Waals surface area (Å²) in [6.07, 6.45) is 0. The molecule has 0 saturated carbocycles. The smallest absolute Gasteiger partial charge is 0.296 e. The second kappa shape index (κ2) is 17.2. The van der Waals surface area contributed by atoms with Crippen LogP contribution in [0.15, 0.2) is 145 Å². The average molecular weight is 945 g/mol. The summed E-state index contributed by atoms with van der Waals surface area (Å²) in [5.74, 6) is -0.0681. The van der Waals surface area contributed by atoms with Crippen LogP contribution in [0.25, 0.3) is 33.4 Å². The molecule has 0 aromatic heterocycles. The van der Waals surface area contributed by atoms with Crippen LogP contribution in [-0.4, -0.2) is 38.9 Å². The molecule has 0 spiro atoms. The Balaban J connectivity index is 1.44. The van der Waals surface area contributed by atoms with Crippen molar-refractivity contribution in [2.75, 3.05) is 16.0 Å². The molecule has 0 bridgehead atoms. The van der Waals surface area contributed by atoms with Crippen LogP contribution < -0.4 is 21.3 Å². The first-order valence-electron chi connectivity index (χ1n) is 20.4. The predicted molar refractivity (Wildman–Crippen MR) is 257 cm³/mol. The molecule has 6 aromatic rings. The van der Waals surface area contributed by atoms with Crippen LogP contribution in [0.5, 0.6) is 0 Å². The number of para-hydroxylation sites is 2. The SMILES string of the molecule is Cc1cc(C)c(Nc2ccccc2)c(C)c1N=c1cc2oc3cc(Nc4c(C)cc(C)c(Nc5ccccc5)c4C)c(S(=O)(=O)O)cc3c(-c3ccccc3S(=O)(=O)O)c-2cc1S(=O)(=O)O. The number of hydrogen-bond donors (Lipinski definition) is 6. The third kappa shape index (κ3) is 8.91. The highest BCUT2D eigenvalue weighted by Gasteiger charge is 2.29. The Labute approximate surface area is 382 Å². The van der Waals surface area contributed by atoms with Crippen molar-refractivity contribution in [1.29, 1.82) is 0 Å². The lowest BCUT2D eigenvalue weighted by molar-refractivity contribution is 0.480. The van der Waals surface area contributed by atoms with E-state index in [1.807, 2.05) is 107 Å². The molecule has 1 heterocycles. The lowest BCUT2D eigenvalue weighted by Gasteiger charge is -2.22. The molecule has 0 fully saturated rings. The van der Waals surface area contributed by atoms with Gasteiger partial charge in [-0.1, -0.05) is 66.7 Å². The number of nitrogens with one attached hydrogen (secondary N) is 3. The van der Waals surface area contributed by atoms with Crippen LogP contribution in [-0.2, 0) is 30.4 Å². The van der Waals surface area contributed by atoms with Gasteiger partial charge in [-0.15, -0.1) is 0 Å². The van der Waals surface area contributed by atoms with Crippen molar-refractivity contribution in [3.05, 3.63) is 160 Å². The van der Waals surface area contributed by atoms with Gasteiger partial charge in [0.2, 0.25) is 0 Å². The summed E-state index contributed by atoms with van der Waals surface area (Å²) in [5.41, 5.74) is 7.97. The van der Waals surface area contributed by atoms with Crippen molar-refractivity contribution in [3.63, 3.8) is 0 Å². The van der Waals surface area contributed by atoms with Crippen molar-refractivity contribution in [3.8, 4) is 22.5 Å². The van der Waals surface area contributed by atoms with E-state index in [-0.39, 0.29) is 44.5 Å². The van der Waals surface area contributed by atoms with Gasteiger partial charge in [0.1, 0.15) is 26.0 Å². The van der Waals surface area contributed by atoms with Gasteiger partial charge in [0.05, 0.1) is 16.7 Å². The molecule has 0 atom stereocenters. The number of rotatable bonds is 11. The number of aryl methyl sites for hydroxylation is 4. The molecule has 1 aliphatic heterocycles. The summed E-state index contributed by atoms with van der Waals surface area (Å²) in [5, 5.41) is 9.70. The van der Waals surface area contributed by atoms with Gasteiger partial charge in [0, 0.05) is 62.6 Å². The minimum Gasteiger partial charge on any atom is -0.456 e. The highest BCUT2D eigenvalue weighted by atomic mass is 32.2. The van der Waals surface area contributed by atoms with E-state index in [1.165, 1.54) is 30.3 Å². The fraction of sp³-hybridized carbons (Fsp3) is 0.122. The molecule has 0 radical (unpaired) electrons. The molecule has 0 amide bonds. The van der Waals surface area contributed by atoms with Gasteiger partial charge < -0.3 is 20.4 Å². The van der Waals surface area contributed by atoms with Gasteiger partial charge >= 0.3 is 0 Å². The summed E-state index contributed by atoms with van der Waals surface area (Å²) in [4.78, 5) is 2.88. The maximum absolute atomic E-state index is 13.4. The third-order valence-electron chi connectivity index (χ3n) is 11.4. The molecule has 8 rings (SSSR count). The van der Waals surface area contributed by atoms with Gasteiger partial charge in [-0.3, -0.25) is 13.7 Å². The van der Waals surface area contributed by atoms with E-state index in [1.54, 1.807) is 6.92 Å². The Morgan fingerprint density at radius 2 is 0.985 bits per heavy atom. The molecule has 6 N–H and O–H groups in total. The highest BCUT2D eigenvalue weighted by molar-refractivity contribution is 7.86. The van der Waals surface area contributed by atoms with E-state index >= 15 is 0 Å². The number of benzene rings is 7. The number of fused-ring (bicyclic) bond motifs is 2. The van der Waals surface area contributed by atoms with Crippen molar-refractivity contribution >= 4 is 81.1 Å². The van der Waals surface area contributed by atoms with E-state index in [0.717, 1.165) is 57.6 Å². The van der Waals surface area contributed by atoms with Crippen molar-refractivity contribution in [2.24, 2.45) is 4.99 Å². The first kappa shape index (κ1) is 45.7. The fourth-order valence-electron chi connectivity index (χ4n) is 8.42. The Morgan fingerprint density at radius 1 is 0.485 bits per heavy atom. The van der Waals surface area contributed by atoms with Gasteiger partial charge in [-0.25, -0.2) is 4.99 Å². The molecule has 66 heavy (non-hydrogen) atoms. The fourth-order valence-corrected chi connectivity index (χ4v) is 10.4. The number of hydrogen-bond acceptors (Lipinski definition) is 11. The monoisotopic (exact) mass is 944 g/mol. The topological polar surface area (TPSA) is 225 Å². The number of anilines is 6. The quantitative estimate of drug-likeness (QED) is 0.0525. The molecule has 6 aromatic carbocycles. The first-order valence-corrected chi connectivity index (χ1v) is 24.7. The summed E-state index contributed by atoms with van der Waals surface area (Å²) in [6, 6.07) is 32.7. The van der Waals surface area contributed by atoms with Gasteiger partial charge in [-0.05, 0) is 117 Å². The lowest BCUT2D eigenvalue weighted by atomic mass is 9.93. The summed E-state index contributed by atoms with van der Waals surface area (Å²) >= 11 is 0. The van der Waals surface area contributed by atoms with Crippen molar-refractivity contribution in [2.45, 2.75) is 56.2 Å². The van der Waals surface area contributed by atoms with Crippen LogP contribution in [0.1, 0.15) is 33.4 Å². The van der Waals surface area contributed by atoms with Gasteiger partial charge in [-0.2, -0.15) is 25.3 Å². The molecule has 17 heteroatoms. The maximum atomic E-state index is 13.4. The minimum absolute atomic E-state index is 0.0507. The van der Waals surface area contributed by atoms with E-state index < -0.39 is 45.0 Å². The van der Waals surface area contributed by atoms with E-state index in [2.05, 4.69) is 16.0 Å². The highest BCUT2D eigenvalue weighted by Crippen LogP contribution is 2.46. The summed E-state index contributed by atoms with van der Waals surface area (Å²) in [6.45, 7) is 11.2. The van der Waals surface area contributed by atoms with Gasteiger partial charge in [0.15, 0.2) is 0 Å². The molecule has 0 saturated heterocycles. The maximum Gasteiger partial charge on any atom is 0.296 e. The minimum atomic E-state index is -5.11. The average Bonchev–Trinajstić information content (AvgIpc) is 3.25. The molecular formula is C49H44N4O10S3. The van der Waals surface area contributed by atoms with E-state index in [0.29, 0.717) is 28.1 Å². The van der Waals surface area contributed by atoms with Crippen LogP contribution in [0, 0.1) is 41.5 Å². The second-order valence-electron chi connectivity index (χ2n) is 16.0. The van der Waals surface area contributed by atoms with E-state index in [4.69, 9.17) is 9.41 Å². The Kier molecular flexibility index (Phi) is 11.9. The van der Waals surface area contributed by atoms with Gasteiger partial charge in [0.25, 0.3) is 30.4 Å². The van der Waals surface area contributed by atoms with E-state index in [9.17, 15) is 38.9 Å². The summed E-state index contributed by atoms with van der Waals surface area (Å²) < 4.78 is 118. The predicted octanol–water partition coefficient (Wildman–Crippen LogP) is 11.3. The molecule has 2 aliphatic rings. The zero-order valence-corrected chi connectivity index (χ0v) is 38.9. The standard InChI is InChI=1S/C49H44N4O10S3/c1-27-21-29(3)48(31(5)46(27)50-33-15-9-7-10-16-33)52-38-25-40-36(23-43(38)65(57,58)59)45(35-19-13-14-20-42(35)64(54,55)56)37-24-44(66(60,61)62)39(26-41(37)63-40)53-49-30(4)22-28(2)47(32(49)6)51-34-17-11-8-12-18-34/h7-26,50-52H,1-6H3,(H,54,55,56)(H,57,58,59)(H,60,61,62). The molecular weight excluding hydrogens is 901 g/mol. The second-order valence-corrected chi connectivity index (χ2v) is 20.2. The Bertz CT molecular complexity index is 3650. The third-order valence-corrected chi connectivity index (χ3v) is 14.1. The molecule has 14 nitrogen and oxygen atoms in total. The normalized spacial score (nSPS) is 12.5. The Hall–Kier alpha value is -6.86.